The first-order valence-electron chi connectivity index (χ1n) is 11.1. The summed E-state index contributed by atoms with van der Waals surface area (Å²) in [6.07, 6.45) is 2.74. The van der Waals surface area contributed by atoms with Gasteiger partial charge in [0.05, 0.1) is 11.5 Å². The number of hydrogen-bond donors (Lipinski definition) is 3. The average Bonchev–Trinajstić information content (AvgIpc) is 2.75. The Hall–Kier alpha value is -2.23. The van der Waals surface area contributed by atoms with Gasteiger partial charge in [-0.05, 0) is 50.4 Å². The third-order valence-electron chi connectivity index (χ3n) is 6.70. The summed E-state index contributed by atoms with van der Waals surface area (Å²) in [4.78, 5) is 40.3. The Morgan fingerprint density at radius 2 is 1.78 bits per heavy atom. The summed E-state index contributed by atoms with van der Waals surface area (Å²) in [5.41, 5.74) is 5.90. The van der Waals surface area contributed by atoms with Crippen LogP contribution in [0.4, 0.5) is 10.1 Å². The van der Waals surface area contributed by atoms with Gasteiger partial charge in [-0.2, -0.15) is 0 Å². The van der Waals surface area contributed by atoms with Crippen molar-refractivity contribution in [3.05, 3.63) is 29.1 Å². The lowest BCUT2D eigenvalue weighted by atomic mass is 9.87. The van der Waals surface area contributed by atoms with Crippen molar-refractivity contribution in [2.45, 2.75) is 31.6 Å². The Kier molecular flexibility index (Phi) is 8.08. The van der Waals surface area contributed by atoms with Gasteiger partial charge in [-0.3, -0.25) is 24.6 Å². The highest BCUT2D eigenvalue weighted by Crippen LogP contribution is 2.36. The molecule has 1 unspecified atom stereocenters. The maximum atomic E-state index is 15.4. The summed E-state index contributed by atoms with van der Waals surface area (Å²) >= 11 is 0. The van der Waals surface area contributed by atoms with Crippen molar-refractivity contribution < 1.29 is 18.8 Å². The van der Waals surface area contributed by atoms with Crippen molar-refractivity contribution in [3.8, 4) is 0 Å². The molecular formula is C22H31ClFN5O3. The summed E-state index contributed by atoms with van der Waals surface area (Å²) in [5, 5.41) is 5.69. The number of nitrogens with zero attached hydrogens (tertiary/aromatic N) is 2. The van der Waals surface area contributed by atoms with E-state index in [1.54, 1.807) is 6.07 Å². The number of hydrogen-bond acceptors (Lipinski definition) is 6. The van der Waals surface area contributed by atoms with E-state index in [9.17, 15) is 14.4 Å². The van der Waals surface area contributed by atoms with Gasteiger partial charge in [-0.15, -0.1) is 12.4 Å². The van der Waals surface area contributed by atoms with Crippen LogP contribution in [0, 0.1) is 11.7 Å². The van der Waals surface area contributed by atoms with Gasteiger partial charge in [0.25, 0.3) is 5.91 Å². The molecule has 8 nitrogen and oxygen atoms in total. The summed E-state index contributed by atoms with van der Waals surface area (Å²) in [7, 11) is 0. The number of piperazine rings is 1. The number of carbonyl (C=O) groups is 3. The van der Waals surface area contributed by atoms with Crippen LogP contribution in [-0.4, -0.2) is 68.4 Å². The van der Waals surface area contributed by atoms with Gasteiger partial charge < -0.3 is 16.0 Å². The average molecular weight is 468 g/mol. The van der Waals surface area contributed by atoms with Gasteiger partial charge in [0.1, 0.15) is 5.82 Å². The zero-order valence-corrected chi connectivity index (χ0v) is 18.9. The van der Waals surface area contributed by atoms with E-state index in [0.29, 0.717) is 24.7 Å². The lowest BCUT2D eigenvalue weighted by Crippen LogP contribution is -2.49. The lowest BCUT2D eigenvalue weighted by molar-refractivity contribution is -0.134. The first kappa shape index (κ1) is 24.4. The fourth-order valence-electron chi connectivity index (χ4n) is 4.95. The van der Waals surface area contributed by atoms with Crippen molar-refractivity contribution in [1.82, 2.24) is 15.5 Å². The number of carbonyl (C=O) groups excluding carboxylic acids is 3. The normalized spacial score (nSPS) is 22.9. The zero-order valence-electron chi connectivity index (χ0n) is 18.1. The van der Waals surface area contributed by atoms with E-state index < -0.39 is 23.5 Å². The fraction of sp³-hybridized carbons (Fsp3) is 0.591. The highest BCUT2D eigenvalue weighted by atomic mass is 35.5. The first-order valence-corrected chi connectivity index (χ1v) is 11.1. The van der Waals surface area contributed by atoms with Crippen LogP contribution in [0.15, 0.2) is 12.1 Å². The number of piperidine rings is 2. The predicted molar refractivity (Wildman–Crippen MR) is 122 cm³/mol. The SMILES string of the molecule is Cl.NC(=O)c1ccc(N2CCN(CC3CCNCC3)CC2)c(C2CCC(=O)NC2=O)c1F. The molecule has 0 spiro atoms. The van der Waals surface area contributed by atoms with Gasteiger partial charge in [0.15, 0.2) is 0 Å². The van der Waals surface area contributed by atoms with Crippen molar-refractivity contribution in [1.29, 1.82) is 0 Å². The number of nitrogens with one attached hydrogen (secondary N) is 2. The van der Waals surface area contributed by atoms with Crippen molar-refractivity contribution in [3.63, 3.8) is 0 Å². The molecule has 3 amide bonds. The molecule has 4 rings (SSSR count). The maximum absolute atomic E-state index is 15.4. The lowest BCUT2D eigenvalue weighted by Gasteiger charge is -2.39. The van der Waals surface area contributed by atoms with Crippen LogP contribution >= 0.6 is 12.4 Å². The second-order valence-corrected chi connectivity index (χ2v) is 8.71. The molecule has 0 bridgehead atoms. The number of rotatable bonds is 5. The molecule has 0 saturated carbocycles. The van der Waals surface area contributed by atoms with Crippen LogP contribution in [0.1, 0.15) is 47.5 Å². The molecule has 32 heavy (non-hydrogen) atoms. The number of benzene rings is 1. The van der Waals surface area contributed by atoms with Gasteiger partial charge >= 0.3 is 0 Å². The molecular weight excluding hydrogens is 437 g/mol. The van der Waals surface area contributed by atoms with Gasteiger partial charge in [-0.1, -0.05) is 0 Å². The van der Waals surface area contributed by atoms with E-state index >= 15 is 4.39 Å². The number of amides is 3. The molecule has 0 radical (unpaired) electrons. The highest BCUT2D eigenvalue weighted by Gasteiger charge is 2.35. The molecule has 0 aromatic heterocycles. The third kappa shape index (κ3) is 5.22. The highest BCUT2D eigenvalue weighted by molar-refractivity contribution is 6.02. The fourth-order valence-corrected chi connectivity index (χ4v) is 4.95. The van der Waals surface area contributed by atoms with Crippen LogP contribution in [0.2, 0.25) is 0 Å². The topological polar surface area (TPSA) is 108 Å². The molecule has 3 saturated heterocycles. The minimum absolute atomic E-state index is 0. The van der Waals surface area contributed by atoms with Crippen molar-refractivity contribution in [2.75, 3.05) is 50.7 Å². The molecule has 10 heteroatoms. The van der Waals surface area contributed by atoms with Gasteiger partial charge in [0.2, 0.25) is 11.8 Å². The van der Waals surface area contributed by atoms with Crippen molar-refractivity contribution >= 4 is 35.8 Å². The number of halogens is 2. The van der Waals surface area contributed by atoms with E-state index in [0.717, 1.165) is 32.7 Å². The standard InChI is InChI=1S/C22H30FN5O3.ClH/c23-20-16(21(24)30)1-3-17(19(20)15-2-4-18(29)26-22(15)31)28-11-9-27(10-12-28)13-14-5-7-25-8-6-14;/h1,3,14-15,25H,2,4-13H2,(H2,24,30)(H,26,29,31);1H. The quantitative estimate of drug-likeness (QED) is 0.557. The molecule has 4 N–H and O–H groups in total. The van der Waals surface area contributed by atoms with E-state index in [1.807, 2.05) is 0 Å². The minimum atomic E-state index is -0.871. The first-order chi connectivity index (χ1) is 14.9. The Balaban J connectivity index is 0.00000289. The molecule has 1 aromatic carbocycles. The van der Waals surface area contributed by atoms with E-state index in [2.05, 4.69) is 20.4 Å². The van der Waals surface area contributed by atoms with Crippen molar-refractivity contribution in [2.24, 2.45) is 11.7 Å². The minimum Gasteiger partial charge on any atom is -0.369 e. The molecule has 0 aliphatic carbocycles. The summed E-state index contributed by atoms with van der Waals surface area (Å²) in [6, 6.07) is 3.08. The third-order valence-corrected chi connectivity index (χ3v) is 6.70. The van der Waals surface area contributed by atoms with Crippen LogP contribution in [-0.2, 0) is 9.59 Å². The Morgan fingerprint density at radius 3 is 2.41 bits per heavy atom. The Bertz CT molecular complexity index is 869. The monoisotopic (exact) mass is 467 g/mol. The molecule has 3 heterocycles. The number of primary amides is 1. The van der Waals surface area contributed by atoms with Gasteiger partial charge in [0, 0.05) is 50.4 Å². The van der Waals surface area contributed by atoms with Crippen LogP contribution in [0.5, 0.6) is 0 Å². The molecule has 3 fully saturated rings. The smallest absolute Gasteiger partial charge is 0.251 e. The largest absolute Gasteiger partial charge is 0.369 e. The summed E-state index contributed by atoms with van der Waals surface area (Å²) < 4.78 is 15.4. The molecule has 1 atom stereocenters. The number of imide groups is 1. The predicted octanol–water partition coefficient (Wildman–Crippen LogP) is 0.988. The Labute approximate surface area is 193 Å². The summed E-state index contributed by atoms with van der Waals surface area (Å²) in [6.45, 7) is 6.36. The number of anilines is 1. The molecule has 176 valence electrons. The number of nitrogens with two attached hydrogens (primary N) is 1. The Morgan fingerprint density at radius 1 is 1.09 bits per heavy atom. The maximum Gasteiger partial charge on any atom is 0.251 e. The van der Waals surface area contributed by atoms with Crippen LogP contribution in [0.25, 0.3) is 0 Å². The van der Waals surface area contributed by atoms with E-state index in [4.69, 9.17) is 5.73 Å². The molecule has 1 aromatic rings. The second kappa shape index (κ2) is 10.6. The molecule has 3 aliphatic rings. The van der Waals surface area contributed by atoms with E-state index in [1.165, 1.54) is 18.9 Å². The van der Waals surface area contributed by atoms with E-state index in [-0.39, 0.29) is 42.3 Å². The van der Waals surface area contributed by atoms with Gasteiger partial charge in [-0.25, -0.2) is 4.39 Å². The van der Waals surface area contributed by atoms with Crippen LogP contribution in [0.3, 0.4) is 0 Å². The second-order valence-electron chi connectivity index (χ2n) is 8.71. The molecule has 3 aliphatic heterocycles. The summed E-state index contributed by atoms with van der Waals surface area (Å²) in [5.74, 6) is -2.62. The zero-order chi connectivity index (χ0) is 22.0. The van der Waals surface area contributed by atoms with Crippen LogP contribution < -0.4 is 21.3 Å².